The maximum absolute atomic E-state index is 14.0. The van der Waals surface area contributed by atoms with Crippen molar-refractivity contribution in [2.24, 2.45) is 0 Å². The number of carbonyl (C=O) groups is 1. The van der Waals surface area contributed by atoms with Crippen LogP contribution >= 0.6 is 11.6 Å². The van der Waals surface area contributed by atoms with Crippen molar-refractivity contribution in [1.82, 2.24) is 24.9 Å². The second kappa shape index (κ2) is 8.53. The van der Waals surface area contributed by atoms with Crippen molar-refractivity contribution >= 4 is 29.0 Å². The van der Waals surface area contributed by atoms with Crippen LogP contribution in [-0.4, -0.2) is 55.0 Å². The quantitative estimate of drug-likeness (QED) is 0.493. The van der Waals surface area contributed by atoms with E-state index in [-0.39, 0.29) is 18.2 Å². The molecule has 0 aromatic carbocycles. The highest BCUT2D eigenvalue weighted by atomic mass is 35.5. The summed E-state index contributed by atoms with van der Waals surface area (Å²) in [5.41, 5.74) is 0.259. The molecular weight excluding hydrogens is 411 g/mol. The lowest BCUT2D eigenvalue weighted by Gasteiger charge is -2.22. The molecule has 0 saturated carbocycles. The standard InChI is InChI=1S/C20H24ClFN6O2/c1-11(2)25-18-12(19(29)24-10-15(22)20(3,4)30)9-23-17-8-14(27-28(17)18)13-6-5-7-16(21)26-13/h5-9,11,15,25,30H,10H2,1-4H3,(H,24,29)/t15-/m1/s1. The van der Waals surface area contributed by atoms with Gasteiger partial charge in [0.05, 0.1) is 17.8 Å². The van der Waals surface area contributed by atoms with E-state index in [2.05, 4.69) is 25.7 Å². The number of pyridine rings is 1. The van der Waals surface area contributed by atoms with Gasteiger partial charge < -0.3 is 15.7 Å². The molecule has 0 bridgehead atoms. The molecule has 3 N–H and O–H groups in total. The number of carbonyl (C=O) groups excluding carboxylic acids is 1. The van der Waals surface area contributed by atoms with Gasteiger partial charge in [-0.15, -0.1) is 0 Å². The van der Waals surface area contributed by atoms with Gasteiger partial charge >= 0.3 is 0 Å². The molecule has 10 heteroatoms. The van der Waals surface area contributed by atoms with Crippen LogP contribution in [0.2, 0.25) is 5.15 Å². The zero-order valence-electron chi connectivity index (χ0n) is 17.1. The Hall–Kier alpha value is -2.78. The van der Waals surface area contributed by atoms with Crippen LogP contribution in [-0.2, 0) is 0 Å². The van der Waals surface area contributed by atoms with E-state index < -0.39 is 17.7 Å². The summed E-state index contributed by atoms with van der Waals surface area (Å²) < 4.78 is 15.6. The van der Waals surface area contributed by atoms with Gasteiger partial charge in [0.2, 0.25) is 0 Å². The highest BCUT2D eigenvalue weighted by Gasteiger charge is 2.27. The monoisotopic (exact) mass is 434 g/mol. The number of fused-ring (bicyclic) bond motifs is 1. The summed E-state index contributed by atoms with van der Waals surface area (Å²) in [4.78, 5) is 21.3. The van der Waals surface area contributed by atoms with Gasteiger partial charge in [0.1, 0.15) is 28.4 Å². The Balaban J connectivity index is 1.99. The Labute approximate surface area is 178 Å². The van der Waals surface area contributed by atoms with Gasteiger partial charge in [-0.2, -0.15) is 9.61 Å². The van der Waals surface area contributed by atoms with E-state index in [0.29, 0.717) is 28.0 Å². The van der Waals surface area contributed by atoms with Gasteiger partial charge in [-0.25, -0.2) is 14.4 Å². The molecule has 3 aromatic rings. The predicted octanol–water partition coefficient (Wildman–Crippen LogP) is 3.10. The fraction of sp³-hybridized carbons (Fsp3) is 0.400. The molecule has 8 nitrogen and oxygen atoms in total. The lowest BCUT2D eigenvalue weighted by Crippen LogP contribution is -2.42. The number of aromatic nitrogens is 4. The van der Waals surface area contributed by atoms with Gasteiger partial charge in [0.25, 0.3) is 5.91 Å². The first-order valence-corrected chi connectivity index (χ1v) is 9.87. The van der Waals surface area contributed by atoms with E-state index >= 15 is 0 Å². The smallest absolute Gasteiger partial charge is 0.256 e. The van der Waals surface area contributed by atoms with E-state index in [4.69, 9.17) is 11.6 Å². The van der Waals surface area contributed by atoms with E-state index in [1.54, 1.807) is 24.3 Å². The molecular formula is C20H24ClFN6O2. The third-order valence-corrected chi connectivity index (χ3v) is 4.55. The number of hydrogen-bond donors (Lipinski definition) is 3. The Morgan fingerprint density at radius 3 is 2.70 bits per heavy atom. The summed E-state index contributed by atoms with van der Waals surface area (Å²) in [5.74, 6) is -0.114. The number of nitrogens with one attached hydrogen (secondary N) is 2. The number of aliphatic hydroxyl groups is 1. The maximum Gasteiger partial charge on any atom is 0.256 e. The lowest BCUT2D eigenvalue weighted by atomic mass is 10.0. The topological polar surface area (TPSA) is 104 Å². The van der Waals surface area contributed by atoms with Crippen LogP contribution in [0.1, 0.15) is 38.1 Å². The van der Waals surface area contributed by atoms with Crippen LogP contribution in [0, 0.1) is 0 Å². The number of rotatable bonds is 7. The summed E-state index contributed by atoms with van der Waals surface area (Å²) in [5, 5.41) is 20.3. The van der Waals surface area contributed by atoms with Crippen molar-refractivity contribution in [2.75, 3.05) is 11.9 Å². The molecule has 0 radical (unpaired) electrons. The van der Waals surface area contributed by atoms with Crippen molar-refractivity contribution in [3.05, 3.63) is 41.2 Å². The summed E-state index contributed by atoms with van der Waals surface area (Å²) in [7, 11) is 0. The van der Waals surface area contributed by atoms with Crippen LogP contribution in [0.15, 0.2) is 30.5 Å². The molecule has 1 amide bonds. The first-order valence-electron chi connectivity index (χ1n) is 9.49. The third-order valence-electron chi connectivity index (χ3n) is 4.34. The molecule has 3 heterocycles. The number of amides is 1. The summed E-state index contributed by atoms with van der Waals surface area (Å²) in [6.07, 6.45) is -0.214. The number of halogens is 2. The Kier molecular flexibility index (Phi) is 6.23. The molecule has 0 aliphatic heterocycles. The van der Waals surface area contributed by atoms with Crippen LogP contribution in [0.3, 0.4) is 0 Å². The van der Waals surface area contributed by atoms with E-state index in [9.17, 15) is 14.3 Å². The molecule has 0 saturated heterocycles. The summed E-state index contributed by atoms with van der Waals surface area (Å²) in [6.45, 7) is 6.19. The lowest BCUT2D eigenvalue weighted by molar-refractivity contribution is -0.00177. The van der Waals surface area contributed by atoms with Crippen molar-refractivity contribution in [2.45, 2.75) is 45.5 Å². The van der Waals surface area contributed by atoms with Gasteiger partial charge in [-0.3, -0.25) is 4.79 Å². The normalized spacial score (nSPS) is 12.9. The summed E-state index contributed by atoms with van der Waals surface area (Å²) >= 11 is 5.98. The van der Waals surface area contributed by atoms with Crippen LogP contribution < -0.4 is 10.6 Å². The van der Waals surface area contributed by atoms with E-state index in [0.717, 1.165) is 0 Å². The second-order valence-corrected chi connectivity index (χ2v) is 8.18. The Morgan fingerprint density at radius 2 is 2.07 bits per heavy atom. The van der Waals surface area contributed by atoms with E-state index in [1.807, 2.05) is 13.8 Å². The SMILES string of the molecule is CC(C)Nc1c(C(=O)NC[C@@H](F)C(C)(C)O)cnc2cc(-c3cccc(Cl)n3)nn12. The van der Waals surface area contributed by atoms with Crippen LogP contribution in [0.5, 0.6) is 0 Å². The molecule has 0 aliphatic carbocycles. The molecule has 0 spiro atoms. The minimum absolute atomic E-state index is 0.00982. The van der Waals surface area contributed by atoms with Crippen LogP contribution in [0.4, 0.5) is 10.2 Å². The summed E-state index contributed by atoms with van der Waals surface area (Å²) in [6, 6.07) is 6.93. The van der Waals surface area contributed by atoms with Gasteiger partial charge in [0.15, 0.2) is 5.65 Å². The molecule has 160 valence electrons. The van der Waals surface area contributed by atoms with Gasteiger partial charge in [0, 0.05) is 18.3 Å². The first-order chi connectivity index (χ1) is 14.1. The highest BCUT2D eigenvalue weighted by molar-refractivity contribution is 6.29. The average molecular weight is 435 g/mol. The molecule has 0 unspecified atom stereocenters. The van der Waals surface area contributed by atoms with Gasteiger partial charge in [-0.1, -0.05) is 17.7 Å². The van der Waals surface area contributed by atoms with Crippen molar-refractivity contribution in [1.29, 1.82) is 0 Å². The molecule has 0 aliphatic rings. The minimum Gasteiger partial charge on any atom is -0.387 e. The molecule has 0 fully saturated rings. The van der Waals surface area contributed by atoms with Gasteiger partial charge in [-0.05, 0) is 39.8 Å². The number of hydrogen-bond acceptors (Lipinski definition) is 6. The Morgan fingerprint density at radius 1 is 1.33 bits per heavy atom. The van der Waals surface area contributed by atoms with Crippen molar-refractivity contribution < 1.29 is 14.3 Å². The second-order valence-electron chi connectivity index (χ2n) is 7.80. The van der Waals surface area contributed by atoms with Crippen LogP contribution in [0.25, 0.3) is 17.0 Å². The highest BCUT2D eigenvalue weighted by Crippen LogP contribution is 2.23. The molecule has 30 heavy (non-hydrogen) atoms. The average Bonchev–Trinajstić information content (AvgIpc) is 3.10. The Bertz CT molecular complexity index is 1060. The number of alkyl halides is 1. The molecule has 3 rings (SSSR count). The molecule has 3 aromatic heterocycles. The first kappa shape index (κ1) is 21.9. The fourth-order valence-corrected chi connectivity index (χ4v) is 2.88. The van der Waals surface area contributed by atoms with Crippen molar-refractivity contribution in [3.63, 3.8) is 0 Å². The maximum atomic E-state index is 14.0. The van der Waals surface area contributed by atoms with Crippen molar-refractivity contribution in [3.8, 4) is 11.4 Å². The minimum atomic E-state index is -1.62. The third kappa shape index (κ3) is 4.85. The fourth-order valence-electron chi connectivity index (χ4n) is 2.72. The number of anilines is 1. The predicted molar refractivity (Wildman–Crippen MR) is 114 cm³/mol. The zero-order valence-corrected chi connectivity index (χ0v) is 17.9. The number of nitrogens with zero attached hydrogens (tertiary/aromatic N) is 4. The molecule has 1 atom stereocenters. The van der Waals surface area contributed by atoms with E-state index in [1.165, 1.54) is 24.6 Å². The zero-order chi connectivity index (χ0) is 22.1. The largest absolute Gasteiger partial charge is 0.387 e.